The van der Waals surface area contributed by atoms with E-state index in [2.05, 4.69) is 12.8 Å². The molecule has 0 spiro atoms. The summed E-state index contributed by atoms with van der Waals surface area (Å²) in [4.78, 5) is 23.5. The Hall–Kier alpha value is -1.56. The summed E-state index contributed by atoms with van der Waals surface area (Å²) in [5.41, 5.74) is 0.565. The minimum atomic E-state index is -0.729. The second-order valence-corrected chi connectivity index (χ2v) is 8.86. The summed E-state index contributed by atoms with van der Waals surface area (Å²) in [5, 5.41) is 0. The molecule has 0 N–H and O–H groups in total. The van der Waals surface area contributed by atoms with Gasteiger partial charge in [-0.05, 0) is 74.7 Å². The van der Waals surface area contributed by atoms with Crippen LogP contribution >= 0.6 is 0 Å². The number of hydrogen-bond donors (Lipinski definition) is 0. The average Bonchev–Trinajstić information content (AvgIpc) is 2.87. The SMILES string of the molecule is C#C[C@@]1(OC(C)=O)CC[C@H]2[C@@H]3CCC4=CC(=O)CC[C@@H]4[C@H]3CC[C@@]21C. The van der Waals surface area contributed by atoms with Crippen molar-refractivity contribution in [3.05, 3.63) is 11.6 Å². The number of carbonyl (C=O) groups is 2. The Kier molecular flexibility index (Phi) is 3.87. The van der Waals surface area contributed by atoms with Gasteiger partial charge in [-0.15, -0.1) is 6.42 Å². The molecule has 3 heteroatoms. The first kappa shape index (κ1) is 16.9. The Bertz CT molecular complexity index is 684. The molecule has 0 aliphatic heterocycles. The van der Waals surface area contributed by atoms with Gasteiger partial charge in [0.05, 0.1) is 0 Å². The van der Waals surface area contributed by atoms with Gasteiger partial charge < -0.3 is 4.74 Å². The van der Waals surface area contributed by atoms with Crippen LogP contribution < -0.4 is 0 Å². The fourth-order valence-corrected chi connectivity index (χ4v) is 6.86. The molecule has 134 valence electrons. The highest BCUT2D eigenvalue weighted by molar-refractivity contribution is 5.91. The van der Waals surface area contributed by atoms with Crippen LogP contribution in [0.1, 0.15) is 65.2 Å². The second-order valence-electron chi connectivity index (χ2n) is 8.86. The number of allylic oxidation sites excluding steroid dienone is 1. The maximum Gasteiger partial charge on any atom is 0.304 e. The fraction of sp³-hybridized carbons (Fsp3) is 0.727. The summed E-state index contributed by atoms with van der Waals surface area (Å²) >= 11 is 0. The van der Waals surface area contributed by atoms with Gasteiger partial charge in [0.1, 0.15) is 0 Å². The van der Waals surface area contributed by atoms with Crippen LogP contribution in [-0.2, 0) is 14.3 Å². The van der Waals surface area contributed by atoms with Crippen LogP contribution in [0.3, 0.4) is 0 Å². The van der Waals surface area contributed by atoms with Gasteiger partial charge in [-0.2, -0.15) is 0 Å². The number of rotatable bonds is 1. The van der Waals surface area contributed by atoms with Crippen molar-refractivity contribution in [1.29, 1.82) is 0 Å². The van der Waals surface area contributed by atoms with E-state index in [1.54, 1.807) is 0 Å². The van der Waals surface area contributed by atoms with Crippen LogP contribution in [-0.4, -0.2) is 17.4 Å². The highest BCUT2D eigenvalue weighted by Crippen LogP contribution is 2.65. The predicted octanol–water partition coefficient (Wildman–Crippen LogP) is 4.06. The Morgan fingerprint density at radius 1 is 1.20 bits per heavy atom. The summed E-state index contributed by atoms with van der Waals surface area (Å²) in [6.07, 6.45) is 15.8. The van der Waals surface area contributed by atoms with E-state index in [0.717, 1.165) is 44.9 Å². The van der Waals surface area contributed by atoms with Crippen LogP contribution in [0.2, 0.25) is 0 Å². The number of carbonyl (C=O) groups excluding carboxylic acids is 2. The minimum Gasteiger partial charge on any atom is -0.445 e. The lowest BCUT2D eigenvalue weighted by Gasteiger charge is -2.55. The molecule has 0 aromatic rings. The number of hydrogen-bond acceptors (Lipinski definition) is 3. The molecular formula is C22H28O3. The Labute approximate surface area is 150 Å². The molecule has 3 saturated carbocycles. The van der Waals surface area contributed by atoms with Crippen molar-refractivity contribution in [1.82, 2.24) is 0 Å². The lowest BCUT2D eigenvalue weighted by Crippen LogP contribution is -2.53. The molecule has 3 fully saturated rings. The van der Waals surface area contributed by atoms with Crippen LogP contribution in [0, 0.1) is 41.4 Å². The quantitative estimate of drug-likeness (QED) is 0.534. The van der Waals surface area contributed by atoms with Gasteiger partial charge in [0, 0.05) is 18.8 Å². The van der Waals surface area contributed by atoms with Crippen LogP contribution in [0.25, 0.3) is 0 Å². The van der Waals surface area contributed by atoms with E-state index in [-0.39, 0.29) is 11.4 Å². The molecule has 4 aliphatic carbocycles. The van der Waals surface area contributed by atoms with E-state index in [1.165, 1.54) is 12.5 Å². The molecule has 6 atom stereocenters. The first-order valence-electron chi connectivity index (χ1n) is 9.81. The molecule has 0 saturated heterocycles. The summed E-state index contributed by atoms with van der Waals surface area (Å²) in [6.45, 7) is 3.73. The highest BCUT2D eigenvalue weighted by Gasteiger charge is 2.64. The molecular weight excluding hydrogens is 312 g/mol. The standard InChI is InChI=1S/C22H28O3/c1-4-22(25-14(2)23)12-10-20-19-7-5-15-13-16(24)6-8-17(15)18(19)9-11-21(20,22)3/h1,13,17-20H,5-12H2,2-3H3/t17-,18+,19+,20-,21-,22+/m0/s1. The molecule has 0 heterocycles. The molecule has 0 aromatic heterocycles. The van der Waals surface area contributed by atoms with Gasteiger partial charge in [0.2, 0.25) is 0 Å². The molecule has 4 aliphatic rings. The molecule has 3 nitrogen and oxygen atoms in total. The summed E-state index contributed by atoms with van der Waals surface area (Å²) in [5.74, 6) is 5.41. The zero-order valence-electron chi connectivity index (χ0n) is 15.3. The third-order valence-electron chi connectivity index (χ3n) is 7.97. The van der Waals surface area contributed by atoms with Gasteiger partial charge in [-0.1, -0.05) is 18.4 Å². The largest absolute Gasteiger partial charge is 0.445 e. The second kappa shape index (κ2) is 5.73. The van der Waals surface area contributed by atoms with Gasteiger partial charge in [-0.3, -0.25) is 9.59 Å². The van der Waals surface area contributed by atoms with E-state index in [1.807, 2.05) is 6.08 Å². The van der Waals surface area contributed by atoms with Gasteiger partial charge in [0.25, 0.3) is 0 Å². The van der Waals surface area contributed by atoms with Crippen LogP contribution in [0.15, 0.2) is 11.6 Å². The first-order chi connectivity index (χ1) is 11.9. The van der Waals surface area contributed by atoms with E-state index >= 15 is 0 Å². The summed E-state index contributed by atoms with van der Waals surface area (Å²) < 4.78 is 5.79. The molecule has 0 aromatic carbocycles. The van der Waals surface area contributed by atoms with Crippen molar-refractivity contribution in [3.8, 4) is 12.3 Å². The Morgan fingerprint density at radius 3 is 2.72 bits per heavy atom. The number of esters is 1. The van der Waals surface area contributed by atoms with Gasteiger partial charge >= 0.3 is 5.97 Å². The maximum atomic E-state index is 11.8. The normalized spacial score (nSPS) is 45.5. The van der Waals surface area contributed by atoms with Gasteiger partial charge in [-0.25, -0.2) is 0 Å². The Balaban J connectivity index is 1.64. The molecule has 0 bridgehead atoms. The minimum absolute atomic E-state index is 0.111. The summed E-state index contributed by atoms with van der Waals surface area (Å²) in [6, 6.07) is 0. The van der Waals surface area contributed by atoms with E-state index < -0.39 is 5.60 Å². The molecule has 25 heavy (non-hydrogen) atoms. The van der Waals surface area contributed by atoms with Gasteiger partial charge in [0.15, 0.2) is 11.4 Å². The lowest BCUT2D eigenvalue weighted by molar-refractivity contribution is -0.167. The zero-order valence-corrected chi connectivity index (χ0v) is 15.3. The van der Waals surface area contributed by atoms with Crippen molar-refractivity contribution in [3.63, 3.8) is 0 Å². The van der Waals surface area contributed by atoms with E-state index in [0.29, 0.717) is 35.9 Å². The maximum absolute atomic E-state index is 11.8. The molecule has 0 unspecified atom stereocenters. The first-order valence-corrected chi connectivity index (χ1v) is 9.81. The zero-order chi connectivity index (χ0) is 17.8. The van der Waals surface area contributed by atoms with Crippen LogP contribution in [0.4, 0.5) is 0 Å². The number of ketones is 1. The van der Waals surface area contributed by atoms with Crippen molar-refractivity contribution in [2.24, 2.45) is 29.1 Å². The van der Waals surface area contributed by atoms with Crippen molar-refractivity contribution >= 4 is 11.8 Å². The van der Waals surface area contributed by atoms with Crippen molar-refractivity contribution in [2.75, 3.05) is 0 Å². The number of terminal acetylenes is 1. The topological polar surface area (TPSA) is 43.4 Å². The molecule has 0 amide bonds. The third-order valence-corrected chi connectivity index (χ3v) is 7.97. The molecule has 4 rings (SSSR count). The smallest absolute Gasteiger partial charge is 0.304 e. The Morgan fingerprint density at radius 2 is 2.00 bits per heavy atom. The van der Waals surface area contributed by atoms with Crippen molar-refractivity contribution < 1.29 is 14.3 Å². The molecule has 0 radical (unpaired) electrons. The average molecular weight is 340 g/mol. The highest BCUT2D eigenvalue weighted by atomic mass is 16.6. The predicted molar refractivity (Wildman–Crippen MR) is 95.4 cm³/mol. The van der Waals surface area contributed by atoms with Crippen LogP contribution in [0.5, 0.6) is 0 Å². The number of ether oxygens (including phenoxy) is 1. The third kappa shape index (κ3) is 2.33. The van der Waals surface area contributed by atoms with E-state index in [9.17, 15) is 9.59 Å². The fourth-order valence-electron chi connectivity index (χ4n) is 6.86. The van der Waals surface area contributed by atoms with E-state index in [4.69, 9.17) is 11.2 Å². The number of fused-ring (bicyclic) bond motifs is 5. The van der Waals surface area contributed by atoms with Crippen molar-refractivity contribution in [2.45, 2.75) is 70.8 Å². The lowest BCUT2D eigenvalue weighted by atomic mass is 9.50. The summed E-state index contributed by atoms with van der Waals surface area (Å²) in [7, 11) is 0. The monoisotopic (exact) mass is 340 g/mol.